The summed E-state index contributed by atoms with van der Waals surface area (Å²) in [6, 6.07) is 7.24. The van der Waals surface area contributed by atoms with Crippen molar-refractivity contribution >= 4 is 23.1 Å². The van der Waals surface area contributed by atoms with Gasteiger partial charge in [0.2, 0.25) is 5.91 Å². The zero-order valence-electron chi connectivity index (χ0n) is 13.7. The predicted octanol–water partition coefficient (Wildman–Crippen LogP) is 4.96. The first-order valence-electron chi connectivity index (χ1n) is 8.04. The van der Waals surface area contributed by atoms with Crippen LogP contribution >= 0.6 is 11.6 Å². The fourth-order valence-corrected chi connectivity index (χ4v) is 3.40. The van der Waals surface area contributed by atoms with Crippen LogP contribution in [-0.4, -0.2) is 10.9 Å². The van der Waals surface area contributed by atoms with Gasteiger partial charge in [-0.05, 0) is 41.7 Å². The summed E-state index contributed by atoms with van der Waals surface area (Å²) in [5.41, 5.74) is 1.70. The lowest BCUT2D eigenvalue weighted by Crippen LogP contribution is -2.31. The molecule has 1 N–H and O–H groups in total. The Balaban J connectivity index is 1.77. The molecule has 0 saturated carbocycles. The van der Waals surface area contributed by atoms with Gasteiger partial charge in [-0.15, -0.1) is 0 Å². The third-order valence-electron chi connectivity index (χ3n) is 4.44. The minimum absolute atomic E-state index is 0.0748. The van der Waals surface area contributed by atoms with Crippen LogP contribution < -0.4 is 5.32 Å². The molecule has 1 aliphatic carbocycles. The molecule has 1 aromatic heterocycles. The van der Waals surface area contributed by atoms with Gasteiger partial charge in [-0.2, -0.15) is 13.2 Å². The van der Waals surface area contributed by atoms with Crippen LogP contribution in [0.4, 0.5) is 13.2 Å². The van der Waals surface area contributed by atoms with Crippen molar-refractivity contribution < 1.29 is 18.0 Å². The number of nitrogens with one attached hydrogen (secondary N) is 1. The minimum atomic E-state index is -4.54. The highest BCUT2D eigenvalue weighted by atomic mass is 35.5. The van der Waals surface area contributed by atoms with Gasteiger partial charge in [0.05, 0.1) is 22.2 Å². The fourth-order valence-electron chi connectivity index (χ4n) is 3.10. The number of rotatable bonds is 3. The number of nitrogens with zero attached hydrogens (tertiary/aromatic N) is 1. The first kappa shape index (κ1) is 18.5. The van der Waals surface area contributed by atoms with E-state index in [9.17, 15) is 18.0 Å². The van der Waals surface area contributed by atoms with Crippen molar-refractivity contribution in [1.29, 1.82) is 0 Å². The van der Waals surface area contributed by atoms with E-state index in [0.29, 0.717) is 12.8 Å². The van der Waals surface area contributed by atoms with E-state index in [2.05, 4.69) is 16.9 Å². The number of halogens is 4. The maximum atomic E-state index is 12.9. The first-order valence-corrected chi connectivity index (χ1v) is 8.42. The normalized spacial score (nSPS) is 16.9. The third-order valence-corrected chi connectivity index (χ3v) is 4.88. The van der Waals surface area contributed by atoms with E-state index in [1.807, 2.05) is 6.07 Å². The van der Waals surface area contributed by atoms with Crippen LogP contribution in [0.1, 0.15) is 41.1 Å². The van der Waals surface area contributed by atoms with E-state index in [4.69, 9.17) is 11.6 Å². The Hall–Kier alpha value is -2.34. The molecule has 0 bridgehead atoms. The molecule has 1 heterocycles. The highest BCUT2D eigenvalue weighted by molar-refractivity contribution is 6.32. The highest BCUT2D eigenvalue weighted by Crippen LogP contribution is 2.37. The molecule has 1 aromatic carbocycles. The molecule has 1 aliphatic rings. The van der Waals surface area contributed by atoms with Gasteiger partial charge in [0.1, 0.15) is 0 Å². The number of fused-ring (bicyclic) bond motifs is 1. The van der Waals surface area contributed by atoms with Crippen LogP contribution in [0.25, 0.3) is 5.57 Å². The zero-order chi connectivity index (χ0) is 18.9. The average Bonchev–Trinajstić information content (AvgIpc) is 2.60. The number of alkyl halides is 3. The van der Waals surface area contributed by atoms with Gasteiger partial charge < -0.3 is 5.32 Å². The quantitative estimate of drug-likeness (QED) is 0.817. The lowest BCUT2D eigenvalue weighted by atomic mass is 9.83. The minimum Gasteiger partial charge on any atom is -0.351 e. The summed E-state index contributed by atoms with van der Waals surface area (Å²) >= 11 is 5.87. The van der Waals surface area contributed by atoms with Gasteiger partial charge in [0.25, 0.3) is 0 Å². The van der Waals surface area contributed by atoms with Gasteiger partial charge in [-0.25, -0.2) is 0 Å². The molecule has 3 rings (SSSR count). The molecule has 1 atom stereocenters. The Morgan fingerprint density at radius 1 is 1.31 bits per heavy atom. The molecule has 26 heavy (non-hydrogen) atoms. The van der Waals surface area contributed by atoms with Crippen LogP contribution in [0.5, 0.6) is 0 Å². The molecular weight excluding hydrogens is 365 g/mol. The van der Waals surface area contributed by atoms with Crippen molar-refractivity contribution in [2.75, 3.05) is 0 Å². The number of carbonyl (C=O) groups is 1. The Morgan fingerprint density at radius 3 is 2.81 bits per heavy atom. The second kappa shape index (κ2) is 7.11. The lowest BCUT2D eigenvalue weighted by molar-refractivity contribution is -0.137. The van der Waals surface area contributed by atoms with Crippen molar-refractivity contribution in [3.8, 4) is 0 Å². The summed E-state index contributed by atoms with van der Waals surface area (Å²) in [4.78, 5) is 16.9. The van der Waals surface area contributed by atoms with E-state index in [1.54, 1.807) is 12.3 Å². The summed E-state index contributed by atoms with van der Waals surface area (Å²) in [5, 5.41) is 2.31. The number of hydrogen-bond donors (Lipinski definition) is 1. The summed E-state index contributed by atoms with van der Waals surface area (Å²) in [5.74, 6) is -0.672. The average molecular weight is 381 g/mol. The smallest absolute Gasteiger partial charge is 0.351 e. The van der Waals surface area contributed by atoms with Gasteiger partial charge in [0, 0.05) is 12.7 Å². The van der Waals surface area contributed by atoms with Crippen LogP contribution in [0.2, 0.25) is 5.02 Å². The Morgan fingerprint density at radius 2 is 2.08 bits per heavy atom. The topological polar surface area (TPSA) is 42.0 Å². The Kier molecular flexibility index (Phi) is 5.05. The van der Waals surface area contributed by atoms with E-state index < -0.39 is 17.7 Å². The number of amides is 1. The van der Waals surface area contributed by atoms with Crippen molar-refractivity contribution in [2.45, 2.75) is 31.5 Å². The largest absolute Gasteiger partial charge is 0.417 e. The summed E-state index contributed by atoms with van der Waals surface area (Å²) < 4.78 is 38.8. The van der Waals surface area contributed by atoms with Gasteiger partial charge in [-0.1, -0.05) is 36.4 Å². The monoisotopic (exact) mass is 380 g/mol. The van der Waals surface area contributed by atoms with Gasteiger partial charge in [-0.3, -0.25) is 9.78 Å². The number of allylic oxidation sites excluding steroid dienone is 1. The fraction of sp³-hybridized carbons (Fsp3) is 0.263. The molecule has 3 nitrogen and oxygen atoms in total. The molecular formula is C19H16ClF3N2O. The number of aromatic nitrogens is 1. The summed E-state index contributed by atoms with van der Waals surface area (Å²) in [6.45, 7) is 3.89. The first-order chi connectivity index (χ1) is 12.3. The van der Waals surface area contributed by atoms with Crippen molar-refractivity contribution in [3.05, 3.63) is 70.5 Å². The molecule has 0 fully saturated rings. The molecule has 2 aromatic rings. The van der Waals surface area contributed by atoms with Crippen molar-refractivity contribution in [3.63, 3.8) is 0 Å². The number of benzene rings is 1. The standard InChI is InChI=1S/C19H16ClF3N2O/c1-11-7-8-14(13-5-3-9-24-17(11)13)18(26)25-10-12-4-2-6-15(16(12)20)19(21,22)23/h2-6,9,14H,1,7-8,10H2,(H,25,26). The molecule has 0 spiro atoms. The molecule has 136 valence electrons. The van der Waals surface area contributed by atoms with Crippen LogP contribution in [0.15, 0.2) is 43.1 Å². The second-order valence-corrected chi connectivity index (χ2v) is 6.51. The van der Waals surface area contributed by atoms with Crippen LogP contribution in [0.3, 0.4) is 0 Å². The lowest BCUT2D eigenvalue weighted by Gasteiger charge is -2.25. The van der Waals surface area contributed by atoms with Crippen LogP contribution in [0, 0.1) is 0 Å². The molecule has 0 saturated heterocycles. The highest BCUT2D eigenvalue weighted by Gasteiger charge is 2.34. The maximum absolute atomic E-state index is 12.9. The van der Waals surface area contributed by atoms with Crippen LogP contribution in [-0.2, 0) is 17.5 Å². The van der Waals surface area contributed by atoms with E-state index in [1.165, 1.54) is 12.1 Å². The molecule has 0 radical (unpaired) electrons. The van der Waals surface area contributed by atoms with Crippen molar-refractivity contribution in [2.24, 2.45) is 0 Å². The maximum Gasteiger partial charge on any atom is 0.417 e. The number of pyridine rings is 1. The predicted molar refractivity (Wildman–Crippen MR) is 93.5 cm³/mol. The number of carbonyl (C=O) groups excluding carboxylic acids is 1. The van der Waals surface area contributed by atoms with E-state index >= 15 is 0 Å². The third kappa shape index (κ3) is 3.60. The SMILES string of the molecule is C=C1CCC(C(=O)NCc2cccc(C(F)(F)F)c2Cl)c2cccnc21. The van der Waals surface area contributed by atoms with Gasteiger partial charge >= 0.3 is 6.18 Å². The summed E-state index contributed by atoms with van der Waals surface area (Å²) in [7, 11) is 0. The van der Waals surface area contributed by atoms with Gasteiger partial charge in [0.15, 0.2) is 0 Å². The number of hydrogen-bond acceptors (Lipinski definition) is 2. The second-order valence-electron chi connectivity index (χ2n) is 6.13. The summed E-state index contributed by atoms with van der Waals surface area (Å²) in [6.07, 6.45) is -1.66. The van der Waals surface area contributed by atoms with E-state index in [-0.39, 0.29) is 23.0 Å². The molecule has 1 unspecified atom stereocenters. The Bertz CT molecular complexity index is 864. The molecule has 7 heteroatoms. The van der Waals surface area contributed by atoms with Crippen molar-refractivity contribution in [1.82, 2.24) is 10.3 Å². The molecule has 0 aliphatic heterocycles. The Labute approximate surface area is 153 Å². The zero-order valence-corrected chi connectivity index (χ0v) is 14.5. The molecule has 1 amide bonds. The van der Waals surface area contributed by atoms with E-state index in [0.717, 1.165) is 22.9 Å².